The Labute approximate surface area is 93.6 Å². The molecule has 0 unspecified atom stereocenters. The summed E-state index contributed by atoms with van der Waals surface area (Å²) < 4.78 is 4.87. The Bertz CT molecular complexity index is 355. The van der Waals surface area contributed by atoms with Crippen LogP contribution < -0.4 is 10.9 Å². The van der Waals surface area contributed by atoms with Gasteiger partial charge in [0.05, 0.1) is 23.3 Å². The quantitative estimate of drug-likeness (QED) is 0.453. The standard InChI is InChI=1S/C10H12N2O2S/c1-2-14-10(13)8-4-3-5-9(6-8)12-11-7-15/h3-7,12H,2H2,1H3,(H,11,15). The first-order chi connectivity index (χ1) is 7.27. The zero-order chi connectivity index (χ0) is 11.1. The molecule has 0 heterocycles. The van der Waals surface area contributed by atoms with Gasteiger partial charge in [0, 0.05) is 0 Å². The predicted octanol–water partition coefficient (Wildman–Crippen LogP) is 1.74. The number of hydrogen-bond donors (Lipinski definition) is 2. The highest BCUT2D eigenvalue weighted by atomic mass is 32.1. The first-order valence-electron chi connectivity index (χ1n) is 4.50. The number of nitrogens with one attached hydrogen (secondary N) is 2. The van der Waals surface area contributed by atoms with Crippen molar-refractivity contribution in [1.29, 1.82) is 0 Å². The summed E-state index contributed by atoms with van der Waals surface area (Å²) in [4.78, 5) is 11.4. The molecular weight excluding hydrogens is 212 g/mol. The molecule has 0 saturated carbocycles. The SMILES string of the molecule is CCOC(=O)c1cccc(NNC=S)c1. The van der Waals surface area contributed by atoms with Gasteiger partial charge in [-0.25, -0.2) is 4.79 Å². The highest BCUT2D eigenvalue weighted by Gasteiger charge is 2.05. The van der Waals surface area contributed by atoms with E-state index in [2.05, 4.69) is 23.1 Å². The number of carbonyl (C=O) groups is 1. The summed E-state index contributed by atoms with van der Waals surface area (Å²) in [6, 6.07) is 6.96. The lowest BCUT2D eigenvalue weighted by Gasteiger charge is -2.06. The topological polar surface area (TPSA) is 50.4 Å². The maximum Gasteiger partial charge on any atom is 0.338 e. The van der Waals surface area contributed by atoms with Gasteiger partial charge in [0.1, 0.15) is 0 Å². The van der Waals surface area contributed by atoms with Crippen LogP contribution in [0.5, 0.6) is 0 Å². The fraction of sp³-hybridized carbons (Fsp3) is 0.200. The second kappa shape index (κ2) is 5.98. The van der Waals surface area contributed by atoms with Crippen LogP contribution in [0.15, 0.2) is 24.3 Å². The van der Waals surface area contributed by atoms with E-state index in [0.29, 0.717) is 12.2 Å². The average Bonchev–Trinajstić information content (AvgIpc) is 2.27. The van der Waals surface area contributed by atoms with E-state index in [1.54, 1.807) is 25.1 Å². The molecule has 2 N–H and O–H groups in total. The minimum absolute atomic E-state index is 0.330. The zero-order valence-electron chi connectivity index (χ0n) is 8.32. The molecule has 0 atom stereocenters. The van der Waals surface area contributed by atoms with Crippen molar-refractivity contribution in [1.82, 2.24) is 5.43 Å². The average molecular weight is 224 g/mol. The molecule has 1 rings (SSSR count). The number of thiocarbonyl (C=S) groups is 1. The largest absolute Gasteiger partial charge is 0.462 e. The molecular formula is C10H12N2O2S. The van der Waals surface area contributed by atoms with Gasteiger partial charge >= 0.3 is 5.97 Å². The van der Waals surface area contributed by atoms with Gasteiger partial charge in [-0.05, 0) is 25.1 Å². The Morgan fingerprint density at radius 3 is 3.07 bits per heavy atom. The monoisotopic (exact) mass is 224 g/mol. The van der Waals surface area contributed by atoms with Gasteiger partial charge in [0.2, 0.25) is 0 Å². The number of carbonyl (C=O) groups excluding carboxylic acids is 1. The third-order valence-electron chi connectivity index (χ3n) is 1.65. The van der Waals surface area contributed by atoms with Crippen molar-refractivity contribution in [2.45, 2.75) is 6.92 Å². The minimum atomic E-state index is -0.330. The molecule has 1 aromatic carbocycles. The normalized spacial score (nSPS) is 9.13. The van der Waals surface area contributed by atoms with Crippen LogP contribution in [-0.2, 0) is 4.74 Å². The van der Waals surface area contributed by atoms with Crippen molar-refractivity contribution >= 4 is 29.4 Å². The molecule has 4 nitrogen and oxygen atoms in total. The lowest BCUT2D eigenvalue weighted by molar-refractivity contribution is 0.0526. The maximum atomic E-state index is 11.4. The van der Waals surface area contributed by atoms with Gasteiger partial charge in [0.25, 0.3) is 0 Å². The first kappa shape index (κ1) is 11.5. The molecule has 0 aliphatic rings. The van der Waals surface area contributed by atoms with E-state index in [0.717, 1.165) is 5.69 Å². The highest BCUT2D eigenvalue weighted by molar-refractivity contribution is 7.78. The van der Waals surface area contributed by atoms with E-state index in [1.807, 2.05) is 6.07 Å². The number of hydrogen-bond acceptors (Lipinski definition) is 4. The highest BCUT2D eigenvalue weighted by Crippen LogP contribution is 2.10. The second-order valence-electron chi connectivity index (χ2n) is 2.69. The Kier molecular flexibility index (Phi) is 4.56. The number of ether oxygens (including phenoxy) is 1. The molecule has 0 radical (unpaired) electrons. The summed E-state index contributed by atoms with van der Waals surface area (Å²) in [5, 5.41) is 0. The van der Waals surface area contributed by atoms with Crippen molar-refractivity contribution in [2.24, 2.45) is 0 Å². The molecule has 0 amide bonds. The van der Waals surface area contributed by atoms with Crippen molar-refractivity contribution in [3.63, 3.8) is 0 Å². The van der Waals surface area contributed by atoms with E-state index >= 15 is 0 Å². The van der Waals surface area contributed by atoms with E-state index in [-0.39, 0.29) is 5.97 Å². The van der Waals surface area contributed by atoms with Crippen LogP contribution in [0.2, 0.25) is 0 Å². The third-order valence-corrected chi connectivity index (χ3v) is 1.77. The van der Waals surface area contributed by atoms with E-state index in [4.69, 9.17) is 4.74 Å². The smallest absolute Gasteiger partial charge is 0.338 e. The lowest BCUT2D eigenvalue weighted by atomic mass is 10.2. The Morgan fingerprint density at radius 2 is 2.40 bits per heavy atom. The van der Waals surface area contributed by atoms with Crippen LogP contribution in [0, 0.1) is 0 Å². The Hall–Kier alpha value is -1.62. The zero-order valence-corrected chi connectivity index (χ0v) is 9.14. The van der Waals surface area contributed by atoms with E-state index in [1.165, 1.54) is 5.49 Å². The number of anilines is 1. The maximum absolute atomic E-state index is 11.4. The van der Waals surface area contributed by atoms with Crippen LogP contribution in [0.4, 0.5) is 5.69 Å². The molecule has 0 aliphatic carbocycles. The fourth-order valence-electron chi connectivity index (χ4n) is 1.05. The molecule has 0 aliphatic heterocycles. The van der Waals surface area contributed by atoms with Crippen LogP contribution in [-0.4, -0.2) is 18.1 Å². The number of benzene rings is 1. The van der Waals surface area contributed by atoms with Gasteiger partial charge in [-0.3, -0.25) is 5.43 Å². The van der Waals surface area contributed by atoms with Gasteiger partial charge in [-0.2, -0.15) is 0 Å². The summed E-state index contributed by atoms with van der Waals surface area (Å²) in [7, 11) is 0. The molecule has 0 fully saturated rings. The van der Waals surface area contributed by atoms with Crippen molar-refractivity contribution in [3.05, 3.63) is 29.8 Å². The molecule has 80 valence electrons. The Balaban J connectivity index is 2.73. The summed E-state index contributed by atoms with van der Waals surface area (Å²) >= 11 is 4.59. The molecule has 5 heteroatoms. The van der Waals surface area contributed by atoms with Crippen LogP contribution in [0.1, 0.15) is 17.3 Å². The first-order valence-corrected chi connectivity index (χ1v) is 4.97. The molecule has 1 aromatic rings. The summed E-state index contributed by atoms with van der Waals surface area (Å²) in [6.07, 6.45) is 0. The van der Waals surface area contributed by atoms with Gasteiger partial charge in [-0.15, -0.1) is 0 Å². The number of esters is 1. The predicted molar refractivity (Wildman–Crippen MR) is 62.8 cm³/mol. The summed E-state index contributed by atoms with van der Waals surface area (Å²) in [6.45, 7) is 2.14. The number of hydrazine groups is 1. The molecule has 0 spiro atoms. The molecule has 0 bridgehead atoms. The third kappa shape index (κ3) is 3.55. The van der Waals surface area contributed by atoms with Crippen molar-refractivity contribution in [2.75, 3.05) is 12.0 Å². The van der Waals surface area contributed by atoms with Crippen LogP contribution in [0.3, 0.4) is 0 Å². The van der Waals surface area contributed by atoms with E-state index < -0.39 is 0 Å². The van der Waals surface area contributed by atoms with Gasteiger partial charge in [0.15, 0.2) is 0 Å². The minimum Gasteiger partial charge on any atom is -0.462 e. The second-order valence-corrected chi connectivity index (χ2v) is 2.92. The van der Waals surface area contributed by atoms with Gasteiger partial charge < -0.3 is 10.2 Å². The van der Waals surface area contributed by atoms with E-state index in [9.17, 15) is 4.79 Å². The summed E-state index contributed by atoms with van der Waals surface area (Å²) in [5.74, 6) is -0.330. The van der Waals surface area contributed by atoms with Crippen LogP contribution in [0.25, 0.3) is 0 Å². The van der Waals surface area contributed by atoms with Gasteiger partial charge in [-0.1, -0.05) is 18.3 Å². The molecule has 0 saturated heterocycles. The Morgan fingerprint density at radius 1 is 1.60 bits per heavy atom. The van der Waals surface area contributed by atoms with Crippen molar-refractivity contribution in [3.8, 4) is 0 Å². The van der Waals surface area contributed by atoms with Crippen LogP contribution >= 0.6 is 12.2 Å². The fourth-order valence-corrected chi connectivity index (χ4v) is 1.11. The lowest BCUT2D eigenvalue weighted by Crippen LogP contribution is -2.18. The van der Waals surface area contributed by atoms with Crippen molar-refractivity contribution < 1.29 is 9.53 Å². The molecule has 0 aromatic heterocycles. The summed E-state index contributed by atoms with van der Waals surface area (Å²) in [5.41, 5.74) is 8.07. The molecule has 15 heavy (non-hydrogen) atoms. The number of rotatable bonds is 5.